The van der Waals surface area contributed by atoms with E-state index < -0.39 is 0 Å². The van der Waals surface area contributed by atoms with Gasteiger partial charge in [0.25, 0.3) is 5.91 Å². The maximum atomic E-state index is 12.1. The molecule has 1 unspecified atom stereocenters. The van der Waals surface area contributed by atoms with Gasteiger partial charge in [0.1, 0.15) is 0 Å². The molecule has 7 heteroatoms. The highest BCUT2D eigenvalue weighted by molar-refractivity contribution is 5.93. The number of guanidine groups is 1. The third kappa shape index (κ3) is 8.40. The van der Waals surface area contributed by atoms with Crippen LogP contribution >= 0.6 is 0 Å². The highest BCUT2D eigenvalue weighted by Gasteiger charge is 2.22. The molecule has 1 fully saturated rings. The van der Waals surface area contributed by atoms with E-state index in [0.717, 1.165) is 19.0 Å². The van der Waals surface area contributed by atoms with E-state index in [0.29, 0.717) is 30.6 Å². The van der Waals surface area contributed by atoms with Gasteiger partial charge in [-0.05, 0) is 50.9 Å². The Morgan fingerprint density at radius 1 is 1.14 bits per heavy atom. The summed E-state index contributed by atoms with van der Waals surface area (Å²) in [5.41, 5.74) is 0.574. The fourth-order valence-corrected chi connectivity index (χ4v) is 3.66. The molecule has 3 N–H and O–H groups in total. The molecule has 2 heterocycles. The van der Waals surface area contributed by atoms with E-state index in [-0.39, 0.29) is 5.91 Å². The average Bonchev–Trinajstić information content (AvgIpc) is 3.01. The van der Waals surface area contributed by atoms with Crippen molar-refractivity contribution in [3.8, 4) is 0 Å². The summed E-state index contributed by atoms with van der Waals surface area (Å²) < 4.78 is 0. The molecule has 1 aliphatic heterocycles. The molecular formula is C22H38N6O. The van der Waals surface area contributed by atoms with Crippen LogP contribution in [-0.2, 0) is 0 Å². The van der Waals surface area contributed by atoms with E-state index >= 15 is 0 Å². The minimum Gasteiger partial charge on any atom is -0.357 e. The first-order valence-corrected chi connectivity index (χ1v) is 11.1. The number of aromatic nitrogens is 1. The smallest absolute Gasteiger partial charge is 0.252 e. The third-order valence-electron chi connectivity index (χ3n) is 5.29. The lowest BCUT2D eigenvalue weighted by Crippen LogP contribution is -2.45. The van der Waals surface area contributed by atoms with E-state index in [4.69, 9.17) is 4.99 Å². The van der Waals surface area contributed by atoms with Gasteiger partial charge in [0.15, 0.2) is 5.96 Å². The van der Waals surface area contributed by atoms with Crippen molar-refractivity contribution in [2.75, 3.05) is 39.3 Å². The molecule has 162 valence electrons. The number of nitrogens with one attached hydrogen (secondary N) is 3. The van der Waals surface area contributed by atoms with Crippen LogP contribution in [0.25, 0.3) is 0 Å². The second-order valence-corrected chi connectivity index (χ2v) is 7.91. The van der Waals surface area contributed by atoms with E-state index in [1.54, 1.807) is 24.5 Å². The average molecular weight is 403 g/mol. The molecule has 2 rings (SSSR count). The lowest BCUT2D eigenvalue weighted by molar-refractivity contribution is 0.0954. The number of likely N-dealkylation sites (tertiary alicyclic amines) is 1. The maximum Gasteiger partial charge on any atom is 0.252 e. The Morgan fingerprint density at radius 2 is 1.86 bits per heavy atom. The van der Waals surface area contributed by atoms with Crippen LogP contribution < -0.4 is 16.0 Å². The molecule has 1 amide bonds. The van der Waals surface area contributed by atoms with Crippen LogP contribution in [-0.4, -0.2) is 67.1 Å². The molecule has 0 aliphatic carbocycles. The summed E-state index contributed by atoms with van der Waals surface area (Å²) in [5.74, 6) is 1.27. The minimum absolute atomic E-state index is 0.108. The number of pyridine rings is 1. The van der Waals surface area contributed by atoms with Gasteiger partial charge in [-0.1, -0.05) is 26.7 Å². The molecule has 0 spiro atoms. The van der Waals surface area contributed by atoms with Gasteiger partial charge in [0.2, 0.25) is 0 Å². The zero-order valence-electron chi connectivity index (χ0n) is 18.3. The molecule has 0 radical (unpaired) electrons. The molecule has 1 aromatic rings. The van der Waals surface area contributed by atoms with Crippen LogP contribution in [0.1, 0.15) is 56.8 Å². The van der Waals surface area contributed by atoms with Crippen LogP contribution in [0.4, 0.5) is 0 Å². The number of rotatable bonds is 9. The monoisotopic (exact) mass is 402 g/mol. The molecular weight excluding hydrogens is 364 g/mol. The van der Waals surface area contributed by atoms with Gasteiger partial charge in [-0.25, -0.2) is 0 Å². The summed E-state index contributed by atoms with van der Waals surface area (Å²) >= 11 is 0. The lowest BCUT2D eigenvalue weighted by Gasteiger charge is -2.32. The summed E-state index contributed by atoms with van der Waals surface area (Å²) in [5, 5.41) is 9.54. The van der Waals surface area contributed by atoms with Crippen LogP contribution in [0, 0.1) is 5.92 Å². The summed E-state index contributed by atoms with van der Waals surface area (Å²) in [6.07, 6.45) is 8.51. The number of amides is 1. The minimum atomic E-state index is -0.108. The van der Waals surface area contributed by atoms with Crippen molar-refractivity contribution in [3.63, 3.8) is 0 Å². The Bertz CT molecular complexity index is 611. The van der Waals surface area contributed by atoms with Crippen molar-refractivity contribution in [1.82, 2.24) is 25.8 Å². The third-order valence-corrected chi connectivity index (χ3v) is 5.29. The van der Waals surface area contributed by atoms with Crippen molar-refractivity contribution in [1.29, 1.82) is 0 Å². The maximum absolute atomic E-state index is 12.1. The fourth-order valence-electron chi connectivity index (χ4n) is 3.66. The summed E-state index contributed by atoms with van der Waals surface area (Å²) in [7, 11) is 0. The molecule has 7 nitrogen and oxygen atoms in total. The van der Waals surface area contributed by atoms with E-state index in [1.165, 1.54) is 38.8 Å². The number of nitrogens with zero attached hydrogens (tertiary/aromatic N) is 3. The van der Waals surface area contributed by atoms with Gasteiger partial charge >= 0.3 is 0 Å². The van der Waals surface area contributed by atoms with E-state index in [2.05, 4.69) is 46.6 Å². The van der Waals surface area contributed by atoms with Gasteiger partial charge in [-0.2, -0.15) is 0 Å². The quantitative estimate of drug-likeness (QED) is 0.335. The fraction of sp³-hybridized carbons (Fsp3) is 0.682. The zero-order chi connectivity index (χ0) is 20.9. The van der Waals surface area contributed by atoms with Crippen LogP contribution in [0.15, 0.2) is 29.5 Å². The van der Waals surface area contributed by atoms with E-state index in [1.807, 2.05) is 0 Å². The molecule has 1 atom stereocenters. The second-order valence-electron chi connectivity index (χ2n) is 7.91. The van der Waals surface area contributed by atoms with E-state index in [9.17, 15) is 4.79 Å². The Morgan fingerprint density at radius 3 is 2.48 bits per heavy atom. The molecule has 29 heavy (non-hydrogen) atoms. The molecule has 0 bridgehead atoms. The predicted octanol–water partition coefficient (Wildman–Crippen LogP) is 2.27. The van der Waals surface area contributed by atoms with Crippen LogP contribution in [0.5, 0.6) is 0 Å². The molecule has 1 aromatic heterocycles. The summed E-state index contributed by atoms with van der Waals surface area (Å²) in [6, 6.07) is 3.99. The van der Waals surface area contributed by atoms with Crippen molar-refractivity contribution in [2.45, 2.75) is 52.5 Å². The highest BCUT2D eigenvalue weighted by atomic mass is 16.1. The summed E-state index contributed by atoms with van der Waals surface area (Å²) in [4.78, 5) is 23.5. The van der Waals surface area contributed by atoms with Crippen molar-refractivity contribution < 1.29 is 4.79 Å². The van der Waals surface area contributed by atoms with Gasteiger partial charge in [-0.3, -0.25) is 19.7 Å². The molecule has 0 saturated carbocycles. The molecule has 0 aromatic carbocycles. The van der Waals surface area contributed by atoms with Gasteiger partial charge in [-0.15, -0.1) is 0 Å². The standard InChI is InChI=1S/C22H38N6O/c1-4-24-22(26-13-12-25-21(29)19-10-9-11-23-16-19)27-17-20(18(2)3)28-14-7-5-6-8-15-28/h9-11,16,18,20H,4-8,12-15,17H2,1-3H3,(H,25,29)(H2,24,26,27). The number of carbonyl (C=O) groups is 1. The van der Waals surface area contributed by atoms with Gasteiger partial charge < -0.3 is 16.0 Å². The second kappa shape index (κ2) is 13.1. The van der Waals surface area contributed by atoms with Crippen molar-refractivity contribution in [3.05, 3.63) is 30.1 Å². The first-order chi connectivity index (χ1) is 14.1. The Kier molecular flexibility index (Phi) is 10.5. The normalized spacial score (nSPS) is 16.9. The molecule has 1 aliphatic rings. The topological polar surface area (TPSA) is 81.7 Å². The first kappa shape index (κ1) is 23.1. The van der Waals surface area contributed by atoms with Crippen LogP contribution in [0.2, 0.25) is 0 Å². The van der Waals surface area contributed by atoms with Gasteiger partial charge in [0.05, 0.1) is 12.1 Å². The summed E-state index contributed by atoms with van der Waals surface area (Å²) in [6.45, 7) is 11.8. The largest absolute Gasteiger partial charge is 0.357 e. The lowest BCUT2D eigenvalue weighted by atomic mass is 10.0. The first-order valence-electron chi connectivity index (χ1n) is 11.1. The number of carbonyl (C=O) groups excluding carboxylic acids is 1. The van der Waals surface area contributed by atoms with Crippen molar-refractivity contribution >= 4 is 11.9 Å². The van der Waals surface area contributed by atoms with Crippen LogP contribution in [0.3, 0.4) is 0 Å². The Labute approximate surface area is 175 Å². The van der Waals surface area contributed by atoms with Gasteiger partial charge in [0, 0.05) is 38.1 Å². The predicted molar refractivity (Wildman–Crippen MR) is 119 cm³/mol. The Hall–Kier alpha value is -2.15. The zero-order valence-corrected chi connectivity index (χ0v) is 18.3. The van der Waals surface area contributed by atoms with Crippen molar-refractivity contribution in [2.24, 2.45) is 10.9 Å². The molecule has 1 saturated heterocycles. The highest BCUT2D eigenvalue weighted by Crippen LogP contribution is 2.17. The Balaban J connectivity index is 1.83. The number of hydrogen-bond acceptors (Lipinski definition) is 4. The SMILES string of the molecule is CCNC(=NCC(C(C)C)N1CCCCCC1)NCCNC(=O)c1cccnc1. The number of hydrogen-bond donors (Lipinski definition) is 3. The number of aliphatic imine (C=N–C) groups is 1.